The van der Waals surface area contributed by atoms with E-state index in [1.807, 2.05) is 0 Å². The van der Waals surface area contributed by atoms with Gasteiger partial charge in [0.2, 0.25) is 0 Å². The third-order valence-electron chi connectivity index (χ3n) is 0.970. The summed E-state index contributed by atoms with van der Waals surface area (Å²) in [5, 5.41) is 16.1. The predicted octanol–water partition coefficient (Wildman–Crippen LogP) is -0.578. The number of rotatable bonds is 1. The standard InChI is InChI=1S/C5H7N3O.HNO3/c1-6-5(9)4-2-7-3-8-4;2-1(3)4/h2-3H,1H3,(H,6,9)(H,7,8);(H,2,3,4). The van der Waals surface area contributed by atoms with Crippen molar-refractivity contribution in [3.8, 4) is 0 Å². The highest BCUT2D eigenvalue weighted by atomic mass is 16.9. The van der Waals surface area contributed by atoms with E-state index in [9.17, 15) is 4.79 Å². The Bertz CT molecular complexity index is 266. The first-order chi connectivity index (χ1) is 6.07. The van der Waals surface area contributed by atoms with Gasteiger partial charge in [-0.3, -0.25) is 4.79 Å². The Balaban J connectivity index is 0.000000310. The molecule has 0 aliphatic rings. The molecule has 0 radical (unpaired) electrons. The van der Waals surface area contributed by atoms with Gasteiger partial charge in [-0.15, -0.1) is 10.1 Å². The van der Waals surface area contributed by atoms with Crippen LogP contribution < -0.4 is 5.32 Å². The third kappa shape index (κ3) is 5.18. The quantitative estimate of drug-likeness (QED) is 0.402. The van der Waals surface area contributed by atoms with E-state index in [1.165, 1.54) is 12.5 Å². The first kappa shape index (κ1) is 10.9. The van der Waals surface area contributed by atoms with Gasteiger partial charge in [-0.05, 0) is 0 Å². The van der Waals surface area contributed by atoms with Gasteiger partial charge in [-0.25, -0.2) is 4.98 Å². The van der Waals surface area contributed by atoms with E-state index in [4.69, 9.17) is 15.3 Å². The molecular weight excluding hydrogens is 180 g/mol. The lowest BCUT2D eigenvalue weighted by Gasteiger charge is -1.90. The molecule has 0 spiro atoms. The highest BCUT2D eigenvalue weighted by molar-refractivity contribution is 5.91. The zero-order chi connectivity index (χ0) is 10.3. The topological polar surface area (TPSA) is 121 Å². The van der Waals surface area contributed by atoms with Crippen LogP contribution in [-0.4, -0.2) is 33.2 Å². The van der Waals surface area contributed by atoms with Crippen LogP contribution in [0.4, 0.5) is 0 Å². The molecule has 0 unspecified atom stereocenters. The average Bonchev–Trinajstić information content (AvgIpc) is 2.54. The van der Waals surface area contributed by atoms with Gasteiger partial charge in [-0.2, -0.15) is 0 Å². The molecule has 1 aromatic heterocycles. The zero-order valence-electron chi connectivity index (χ0n) is 6.72. The van der Waals surface area contributed by atoms with E-state index in [2.05, 4.69) is 15.3 Å². The largest absolute Gasteiger partial charge is 0.354 e. The van der Waals surface area contributed by atoms with Crippen LogP contribution in [0.15, 0.2) is 12.5 Å². The number of aromatic amines is 1. The number of H-pyrrole nitrogens is 1. The van der Waals surface area contributed by atoms with E-state index in [0.29, 0.717) is 5.69 Å². The summed E-state index contributed by atoms with van der Waals surface area (Å²) in [6.07, 6.45) is 2.93. The molecule has 1 heterocycles. The first-order valence-electron chi connectivity index (χ1n) is 3.11. The van der Waals surface area contributed by atoms with Crippen LogP contribution in [0.5, 0.6) is 0 Å². The molecule has 0 aromatic carbocycles. The summed E-state index contributed by atoms with van der Waals surface area (Å²) >= 11 is 0. The fourth-order valence-corrected chi connectivity index (χ4v) is 0.515. The lowest BCUT2D eigenvalue weighted by Crippen LogP contribution is -2.17. The maximum absolute atomic E-state index is 10.7. The first-order valence-corrected chi connectivity index (χ1v) is 3.11. The molecule has 0 bridgehead atoms. The van der Waals surface area contributed by atoms with Gasteiger partial charge in [0.15, 0.2) is 0 Å². The van der Waals surface area contributed by atoms with E-state index in [1.54, 1.807) is 7.05 Å². The van der Waals surface area contributed by atoms with E-state index in [0.717, 1.165) is 0 Å². The SMILES string of the molecule is CNC(=O)c1cnc[nH]1.O=[N+]([O-])O. The summed E-state index contributed by atoms with van der Waals surface area (Å²) in [7, 11) is 1.57. The van der Waals surface area contributed by atoms with Crippen molar-refractivity contribution in [1.29, 1.82) is 0 Å². The predicted molar refractivity (Wildman–Crippen MR) is 40.8 cm³/mol. The number of nitrogens with one attached hydrogen (secondary N) is 2. The van der Waals surface area contributed by atoms with Gasteiger partial charge in [0.25, 0.3) is 11.0 Å². The fraction of sp³-hybridized carbons (Fsp3) is 0.200. The number of hydrogen-bond acceptors (Lipinski definition) is 4. The molecule has 13 heavy (non-hydrogen) atoms. The van der Waals surface area contributed by atoms with Gasteiger partial charge >= 0.3 is 0 Å². The van der Waals surface area contributed by atoms with Crippen molar-refractivity contribution in [1.82, 2.24) is 15.3 Å². The molecule has 0 aliphatic carbocycles. The molecule has 1 rings (SSSR count). The summed E-state index contributed by atoms with van der Waals surface area (Å²) in [5.41, 5.74) is 0.484. The summed E-state index contributed by atoms with van der Waals surface area (Å²) in [6, 6.07) is 0. The van der Waals surface area contributed by atoms with Crippen molar-refractivity contribution in [3.63, 3.8) is 0 Å². The summed E-state index contributed by atoms with van der Waals surface area (Å²) in [4.78, 5) is 25.4. The van der Waals surface area contributed by atoms with Crippen LogP contribution in [0.3, 0.4) is 0 Å². The minimum absolute atomic E-state index is 0.146. The van der Waals surface area contributed by atoms with Crippen molar-refractivity contribution in [3.05, 3.63) is 28.3 Å². The molecular formula is C5H8N4O4. The Kier molecular flexibility index (Phi) is 4.62. The van der Waals surface area contributed by atoms with Crippen molar-refractivity contribution in [2.75, 3.05) is 7.05 Å². The second kappa shape index (κ2) is 5.52. The lowest BCUT2D eigenvalue weighted by atomic mass is 10.4. The average molecular weight is 188 g/mol. The molecule has 0 saturated heterocycles. The van der Waals surface area contributed by atoms with Gasteiger partial charge in [0.1, 0.15) is 5.69 Å². The molecule has 3 N–H and O–H groups in total. The van der Waals surface area contributed by atoms with Crippen molar-refractivity contribution < 1.29 is 15.1 Å². The lowest BCUT2D eigenvalue weighted by molar-refractivity contribution is -0.742. The van der Waals surface area contributed by atoms with Crippen LogP contribution in [0.2, 0.25) is 0 Å². The minimum atomic E-state index is -1.50. The molecule has 0 aliphatic heterocycles. The fourth-order valence-electron chi connectivity index (χ4n) is 0.515. The number of aromatic nitrogens is 2. The Morgan fingerprint density at radius 1 is 1.85 bits per heavy atom. The Labute approximate surface area is 72.7 Å². The second-order valence-corrected chi connectivity index (χ2v) is 1.78. The summed E-state index contributed by atoms with van der Waals surface area (Å²) in [6.45, 7) is 0. The van der Waals surface area contributed by atoms with Gasteiger partial charge in [-0.1, -0.05) is 0 Å². The van der Waals surface area contributed by atoms with Gasteiger partial charge in [0, 0.05) is 7.05 Å². The number of nitrogens with zero attached hydrogens (tertiary/aromatic N) is 2. The summed E-state index contributed by atoms with van der Waals surface area (Å²) < 4.78 is 0. The van der Waals surface area contributed by atoms with E-state index < -0.39 is 5.09 Å². The molecule has 1 amide bonds. The highest BCUT2D eigenvalue weighted by Crippen LogP contribution is 1.87. The normalized spacial score (nSPS) is 8.08. The minimum Gasteiger partial charge on any atom is -0.354 e. The number of imidazole rings is 1. The second-order valence-electron chi connectivity index (χ2n) is 1.78. The van der Waals surface area contributed by atoms with Crippen LogP contribution in [0.25, 0.3) is 0 Å². The van der Waals surface area contributed by atoms with E-state index >= 15 is 0 Å². The Morgan fingerprint density at radius 2 is 2.38 bits per heavy atom. The highest BCUT2D eigenvalue weighted by Gasteiger charge is 2.00. The maximum atomic E-state index is 10.7. The van der Waals surface area contributed by atoms with Crippen molar-refractivity contribution in [2.24, 2.45) is 0 Å². The summed E-state index contributed by atoms with van der Waals surface area (Å²) in [5.74, 6) is -0.146. The van der Waals surface area contributed by atoms with Crippen LogP contribution in [0, 0.1) is 10.1 Å². The molecule has 8 heteroatoms. The molecule has 0 fully saturated rings. The van der Waals surface area contributed by atoms with Crippen LogP contribution >= 0.6 is 0 Å². The Morgan fingerprint density at radius 3 is 2.69 bits per heavy atom. The molecule has 0 atom stereocenters. The monoisotopic (exact) mass is 188 g/mol. The van der Waals surface area contributed by atoms with Crippen LogP contribution in [-0.2, 0) is 0 Å². The molecule has 1 aromatic rings. The van der Waals surface area contributed by atoms with Gasteiger partial charge in [0.05, 0.1) is 12.5 Å². The van der Waals surface area contributed by atoms with Crippen molar-refractivity contribution in [2.45, 2.75) is 0 Å². The third-order valence-corrected chi connectivity index (χ3v) is 0.970. The Hall–Kier alpha value is -2.12. The number of carbonyl (C=O) groups excluding carboxylic acids is 1. The maximum Gasteiger partial charge on any atom is 0.291 e. The van der Waals surface area contributed by atoms with Gasteiger partial charge < -0.3 is 15.5 Å². The molecule has 0 saturated carbocycles. The smallest absolute Gasteiger partial charge is 0.291 e. The molecule has 8 nitrogen and oxygen atoms in total. The van der Waals surface area contributed by atoms with Crippen LogP contribution in [0.1, 0.15) is 10.5 Å². The van der Waals surface area contributed by atoms with E-state index in [-0.39, 0.29) is 5.91 Å². The number of hydrogen-bond donors (Lipinski definition) is 3. The number of carbonyl (C=O) groups is 1. The molecule has 72 valence electrons. The van der Waals surface area contributed by atoms with Crippen molar-refractivity contribution >= 4 is 5.91 Å². The number of amides is 1. The zero-order valence-corrected chi connectivity index (χ0v) is 6.72.